The molecule has 0 aliphatic heterocycles. The summed E-state index contributed by atoms with van der Waals surface area (Å²) in [6.07, 6.45) is 6.13. The Labute approximate surface area is 124 Å². The molecule has 21 heavy (non-hydrogen) atoms. The molecule has 0 saturated heterocycles. The fourth-order valence-electron chi connectivity index (χ4n) is 2.87. The predicted octanol–water partition coefficient (Wildman–Crippen LogP) is 3.05. The molecule has 7 heteroatoms. The number of rotatable bonds is 6. The molecule has 0 bridgehead atoms. The third kappa shape index (κ3) is 4.27. The highest BCUT2D eigenvalue weighted by atomic mass is 16.6. The van der Waals surface area contributed by atoms with E-state index in [1.807, 2.05) is 6.92 Å². The quantitative estimate of drug-likeness (QED) is 0.618. The van der Waals surface area contributed by atoms with Crippen molar-refractivity contribution < 1.29 is 4.92 Å². The van der Waals surface area contributed by atoms with Gasteiger partial charge in [0, 0.05) is 13.1 Å². The van der Waals surface area contributed by atoms with Crippen molar-refractivity contribution in [3.05, 3.63) is 16.3 Å². The second-order valence-electron chi connectivity index (χ2n) is 5.73. The van der Waals surface area contributed by atoms with Gasteiger partial charge < -0.3 is 10.6 Å². The van der Waals surface area contributed by atoms with Crippen LogP contribution in [0.1, 0.15) is 39.5 Å². The first-order chi connectivity index (χ1) is 10.1. The summed E-state index contributed by atoms with van der Waals surface area (Å²) in [6, 6.07) is 0. The first-order valence-electron chi connectivity index (χ1n) is 7.59. The maximum atomic E-state index is 11.1. The van der Waals surface area contributed by atoms with E-state index in [0.717, 1.165) is 12.5 Å². The molecule has 1 aromatic rings. The molecule has 1 aliphatic rings. The summed E-state index contributed by atoms with van der Waals surface area (Å²) in [7, 11) is 0. The minimum absolute atomic E-state index is 0.0690. The molecule has 2 atom stereocenters. The van der Waals surface area contributed by atoms with Gasteiger partial charge >= 0.3 is 5.69 Å². The van der Waals surface area contributed by atoms with E-state index in [1.54, 1.807) is 0 Å². The van der Waals surface area contributed by atoms with Crippen LogP contribution in [0.25, 0.3) is 0 Å². The second-order valence-corrected chi connectivity index (χ2v) is 5.73. The maximum Gasteiger partial charge on any atom is 0.329 e. The Kier molecular flexibility index (Phi) is 5.30. The van der Waals surface area contributed by atoms with Gasteiger partial charge in [-0.25, -0.2) is 4.98 Å². The standard InChI is InChI=1S/C14H23N5O2/c1-3-15-14-17-9-12(19(20)21)13(18-14)16-8-11-6-4-5-10(2)7-11/h9-11H,3-8H2,1-2H3,(H2,15,16,17,18). The van der Waals surface area contributed by atoms with Crippen LogP contribution >= 0.6 is 0 Å². The Morgan fingerprint density at radius 1 is 1.43 bits per heavy atom. The average Bonchev–Trinajstić information content (AvgIpc) is 2.45. The Morgan fingerprint density at radius 3 is 2.90 bits per heavy atom. The second kappa shape index (κ2) is 7.19. The molecular weight excluding hydrogens is 270 g/mol. The first kappa shape index (κ1) is 15.5. The fraction of sp³-hybridized carbons (Fsp3) is 0.714. The highest BCUT2D eigenvalue weighted by molar-refractivity contribution is 5.56. The van der Waals surface area contributed by atoms with E-state index in [2.05, 4.69) is 27.5 Å². The van der Waals surface area contributed by atoms with Crippen LogP contribution < -0.4 is 10.6 Å². The van der Waals surface area contributed by atoms with Crippen molar-refractivity contribution in [2.24, 2.45) is 11.8 Å². The molecule has 2 N–H and O–H groups in total. The lowest BCUT2D eigenvalue weighted by Crippen LogP contribution is -2.22. The summed E-state index contributed by atoms with van der Waals surface area (Å²) < 4.78 is 0. The molecule has 0 radical (unpaired) electrons. The smallest absolute Gasteiger partial charge is 0.329 e. The lowest BCUT2D eigenvalue weighted by Gasteiger charge is -2.26. The van der Waals surface area contributed by atoms with Crippen molar-refractivity contribution >= 4 is 17.5 Å². The Bertz CT molecular complexity index is 494. The molecule has 7 nitrogen and oxygen atoms in total. The van der Waals surface area contributed by atoms with Crippen LogP contribution in [0.5, 0.6) is 0 Å². The van der Waals surface area contributed by atoms with Gasteiger partial charge in [0.25, 0.3) is 0 Å². The van der Waals surface area contributed by atoms with Crippen molar-refractivity contribution in [3.8, 4) is 0 Å². The minimum atomic E-state index is -0.443. The number of aromatic nitrogens is 2. The molecule has 116 valence electrons. The third-order valence-corrected chi connectivity index (χ3v) is 3.90. The van der Waals surface area contributed by atoms with Crippen LogP contribution in [0.4, 0.5) is 17.5 Å². The van der Waals surface area contributed by atoms with E-state index in [4.69, 9.17) is 0 Å². The molecule has 1 fully saturated rings. The number of hydrogen-bond acceptors (Lipinski definition) is 6. The first-order valence-corrected chi connectivity index (χ1v) is 7.59. The van der Waals surface area contributed by atoms with Crippen LogP contribution in [0.3, 0.4) is 0 Å². The summed E-state index contributed by atoms with van der Waals surface area (Å²) in [5, 5.41) is 17.2. The molecule has 1 saturated carbocycles. The molecular formula is C14H23N5O2. The highest BCUT2D eigenvalue weighted by Gasteiger charge is 2.21. The van der Waals surface area contributed by atoms with Crippen LogP contribution in [-0.4, -0.2) is 28.0 Å². The zero-order chi connectivity index (χ0) is 15.2. The van der Waals surface area contributed by atoms with Gasteiger partial charge in [-0.2, -0.15) is 4.98 Å². The van der Waals surface area contributed by atoms with E-state index < -0.39 is 4.92 Å². The van der Waals surface area contributed by atoms with Crippen molar-refractivity contribution in [2.45, 2.75) is 39.5 Å². The number of nitrogens with zero attached hydrogens (tertiary/aromatic N) is 3. The average molecular weight is 293 g/mol. The maximum absolute atomic E-state index is 11.1. The van der Waals surface area contributed by atoms with Crippen molar-refractivity contribution in [2.75, 3.05) is 23.7 Å². The normalized spacial score (nSPS) is 21.8. The Balaban J connectivity index is 2.05. The summed E-state index contributed by atoms with van der Waals surface area (Å²) in [4.78, 5) is 18.8. The molecule has 1 heterocycles. The fourth-order valence-corrected chi connectivity index (χ4v) is 2.87. The number of nitro groups is 1. The number of anilines is 2. The largest absolute Gasteiger partial charge is 0.364 e. The third-order valence-electron chi connectivity index (χ3n) is 3.90. The van der Waals surface area contributed by atoms with Crippen molar-refractivity contribution in [1.82, 2.24) is 9.97 Å². The zero-order valence-electron chi connectivity index (χ0n) is 12.6. The van der Waals surface area contributed by atoms with E-state index in [-0.39, 0.29) is 5.69 Å². The van der Waals surface area contributed by atoms with Crippen LogP contribution in [0.2, 0.25) is 0 Å². The summed E-state index contributed by atoms with van der Waals surface area (Å²) in [5.41, 5.74) is -0.0690. The van der Waals surface area contributed by atoms with E-state index in [9.17, 15) is 10.1 Å². The van der Waals surface area contributed by atoms with Gasteiger partial charge in [0.15, 0.2) is 0 Å². The van der Waals surface area contributed by atoms with Gasteiger partial charge in [-0.15, -0.1) is 0 Å². The highest BCUT2D eigenvalue weighted by Crippen LogP contribution is 2.29. The summed E-state index contributed by atoms with van der Waals surface area (Å²) >= 11 is 0. The number of nitrogens with one attached hydrogen (secondary N) is 2. The molecule has 2 rings (SSSR count). The van der Waals surface area contributed by atoms with Crippen LogP contribution in [0.15, 0.2) is 6.20 Å². The minimum Gasteiger partial charge on any atom is -0.364 e. The zero-order valence-corrected chi connectivity index (χ0v) is 12.6. The molecule has 0 amide bonds. The van der Waals surface area contributed by atoms with Crippen LogP contribution in [0, 0.1) is 22.0 Å². The SMILES string of the molecule is CCNc1ncc([N+](=O)[O-])c(NCC2CCCC(C)C2)n1. The van der Waals surface area contributed by atoms with E-state index in [0.29, 0.717) is 24.2 Å². The van der Waals surface area contributed by atoms with E-state index >= 15 is 0 Å². The molecule has 1 aromatic heterocycles. The summed E-state index contributed by atoms with van der Waals surface area (Å²) in [5.74, 6) is 2.03. The van der Waals surface area contributed by atoms with Gasteiger partial charge in [0.2, 0.25) is 11.8 Å². The molecule has 0 aromatic carbocycles. The lowest BCUT2D eigenvalue weighted by molar-refractivity contribution is -0.384. The molecule has 2 unspecified atom stereocenters. The summed E-state index contributed by atoms with van der Waals surface area (Å²) in [6.45, 7) is 5.61. The van der Waals surface area contributed by atoms with Crippen LogP contribution in [-0.2, 0) is 0 Å². The monoisotopic (exact) mass is 293 g/mol. The van der Waals surface area contributed by atoms with Gasteiger partial charge in [-0.1, -0.05) is 19.8 Å². The molecule has 0 spiro atoms. The predicted molar refractivity (Wildman–Crippen MR) is 82.5 cm³/mol. The topological polar surface area (TPSA) is 93.0 Å². The van der Waals surface area contributed by atoms with Gasteiger partial charge in [0.05, 0.1) is 4.92 Å². The van der Waals surface area contributed by atoms with Gasteiger partial charge in [-0.05, 0) is 31.6 Å². The molecule has 1 aliphatic carbocycles. The van der Waals surface area contributed by atoms with Gasteiger partial charge in [0.1, 0.15) is 6.20 Å². The van der Waals surface area contributed by atoms with Crippen molar-refractivity contribution in [1.29, 1.82) is 0 Å². The van der Waals surface area contributed by atoms with E-state index in [1.165, 1.54) is 31.9 Å². The van der Waals surface area contributed by atoms with Gasteiger partial charge in [-0.3, -0.25) is 10.1 Å². The van der Waals surface area contributed by atoms with Crippen molar-refractivity contribution in [3.63, 3.8) is 0 Å². The Hall–Kier alpha value is -1.92. The lowest BCUT2D eigenvalue weighted by atomic mass is 9.82. The number of hydrogen-bond donors (Lipinski definition) is 2. The Morgan fingerprint density at radius 2 is 2.24 bits per heavy atom.